The Morgan fingerprint density at radius 3 is 2.21 bits per heavy atom. The molecule has 0 aliphatic rings. The Kier molecular flexibility index (Phi) is 11.0. The molecular weight excluding hydrogens is 930 g/mol. The van der Waals surface area contributed by atoms with Crippen molar-refractivity contribution in [2.24, 2.45) is 0 Å². The van der Waals surface area contributed by atoms with Gasteiger partial charge in [-0.3, -0.25) is 4.98 Å². The van der Waals surface area contributed by atoms with Gasteiger partial charge in [0.25, 0.3) is 0 Å². The van der Waals surface area contributed by atoms with Crippen LogP contribution in [0.3, 0.4) is 0 Å². The molecule has 0 amide bonds. The molecule has 6 aromatic carbocycles. The van der Waals surface area contributed by atoms with E-state index < -0.39 is 13.3 Å². The first kappa shape index (κ1) is 39.1. The number of hydrogen-bond acceptors (Lipinski definition) is 3. The van der Waals surface area contributed by atoms with Crippen LogP contribution in [-0.2, 0) is 25.5 Å². The fourth-order valence-electron chi connectivity index (χ4n) is 7.09. The van der Waals surface area contributed by atoms with Gasteiger partial charge in [0.2, 0.25) is 0 Å². The van der Waals surface area contributed by atoms with Crippen LogP contribution >= 0.6 is 0 Å². The molecule has 281 valence electrons. The molecule has 9 rings (SSSR count). The quantitative estimate of drug-likeness (QED) is 0.127. The second-order valence-electron chi connectivity index (χ2n) is 15.9. The van der Waals surface area contributed by atoms with Gasteiger partial charge in [0.05, 0.1) is 28.1 Å². The van der Waals surface area contributed by atoms with E-state index in [1.165, 1.54) is 10.5 Å². The Hall–Kier alpha value is -5.14. The standard InChI is InChI=1S/C35H26FN2O.C14H16GeN.Ir/c1-35(2,3)28-17-10-14-24(22-11-5-4-6-12-22)32(28)38-30-21-23(36)19-20-29(30)37-34(38)27-16-9-15-26-25-13-7-8-18-31(25)39-33(26)27;1-15(2,3)13-9-10-14(16-11-13)12-7-5-4-6-8-12;/h4-15,17-21H,1-3H3;4-7,9-11H,1-3H3;/q2*-1;. The number of imidazole rings is 1. The Balaban J connectivity index is 0.000000238. The Morgan fingerprint density at radius 2 is 1.50 bits per heavy atom. The normalized spacial score (nSPS) is 11.7. The fraction of sp³-hybridized carbons (Fsp3) is 0.143. The van der Waals surface area contributed by atoms with Crippen molar-refractivity contribution in [1.82, 2.24) is 14.5 Å². The molecule has 1 radical (unpaired) electrons. The van der Waals surface area contributed by atoms with Crippen LogP contribution in [0.2, 0.25) is 17.3 Å². The predicted molar refractivity (Wildman–Crippen MR) is 228 cm³/mol. The molecule has 9 aromatic rings. The maximum Gasteiger partial charge on any atom is 0 e. The predicted octanol–water partition coefficient (Wildman–Crippen LogP) is 12.6. The first-order chi connectivity index (χ1) is 26.5. The topological polar surface area (TPSA) is 43.9 Å². The maximum atomic E-state index is 14.8. The number of benzene rings is 6. The van der Waals surface area contributed by atoms with E-state index in [1.54, 1.807) is 12.1 Å². The zero-order valence-corrected chi connectivity index (χ0v) is 36.8. The largest absolute Gasteiger partial charge is 0 e. The smallest absolute Gasteiger partial charge is 0 e. The summed E-state index contributed by atoms with van der Waals surface area (Å²) in [6, 6.07) is 52.3. The number of nitrogens with zero attached hydrogens (tertiary/aromatic N) is 3. The summed E-state index contributed by atoms with van der Waals surface area (Å²) < 4.78 is 24.8. The molecule has 0 atom stereocenters. The van der Waals surface area contributed by atoms with E-state index >= 15 is 0 Å². The van der Waals surface area contributed by atoms with Crippen molar-refractivity contribution >= 4 is 50.6 Å². The summed E-state index contributed by atoms with van der Waals surface area (Å²) in [5.41, 5.74) is 9.76. The average Bonchev–Trinajstić information content (AvgIpc) is 3.76. The van der Waals surface area contributed by atoms with Crippen LogP contribution in [0.5, 0.6) is 0 Å². The number of pyridine rings is 1. The van der Waals surface area contributed by atoms with Crippen molar-refractivity contribution in [3.8, 4) is 39.5 Å². The fourth-order valence-corrected chi connectivity index (χ4v) is 9.26. The van der Waals surface area contributed by atoms with Crippen LogP contribution < -0.4 is 4.40 Å². The molecule has 0 aliphatic heterocycles. The molecule has 0 fully saturated rings. The van der Waals surface area contributed by atoms with Gasteiger partial charge < -0.3 is 8.98 Å². The molecule has 0 bridgehead atoms. The van der Waals surface area contributed by atoms with Gasteiger partial charge in [-0.1, -0.05) is 98.5 Å². The van der Waals surface area contributed by atoms with E-state index in [1.807, 2.05) is 79.0 Å². The third-order valence-electron chi connectivity index (χ3n) is 9.95. The Bertz CT molecular complexity index is 2780. The molecule has 56 heavy (non-hydrogen) atoms. The summed E-state index contributed by atoms with van der Waals surface area (Å²) in [5.74, 6) is 7.49. The SMILES string of the molecule is CC(C)(C)c1cccc(-c2ccccc2)c1-n1c(-c2[c-]ccc3c2oc2ccccc23)nc2ccc(F)cc21.[CH3][Ge]([CH3])([CH3])[c]1ccc(-c2[c-]cccc2)nc1.[Ir]. The van der Waals surface area contributed by atoms with Gasteiger partial charge in [0.1, 0.15) is 11.4 Å². The van der Waals surface area contributed by atoms with E-state index in [0.717, 1.165) is 55.6 Å². The summed E-state index contributed by atoms with van der Waals surface area (Å²) in [4.78, 5) is 9.61. The van der Waals surface area contributed by atoms with Crippen molar-refractivity contribution < 1.29 is 28.9 Å². The molecule has 0 saturated carbocycles. The van der Waals surface area contributed by atoms with Gasteiger partial charge in [-0.2, -0.15) is 0 Å². The molecule has 3 heterocycles. The first-order valence-corrected chi connectivity index (χ1v) is 25.9. The van der Waals surface area contributed by atoms with E-state index in [0.29, 0.717) is 22.4 Å². The average molecular weight is 973 g/mol. The Labute approximate surface area is 344 Å². The van der Waals surface area contributed by atoms with Gasteiger partial charge in [0.15, 0.2) is 0 Å². The number of halogens is 1. The summed E-state index contributed by atoms with van der Waals surface area (Å²) >= 11 is -1.72. The van der Waals surface area contributed by atoms with E-state index in [9.17, 15) is 4.39 Å². The molecule has 0 spiro atoms. The van der Waals surface area contributed by atoms with E-state index in [4.69, 9.17) is 9.40 Å². The van der Waals surface area contributed by atoms with Gasteiger partial charge >= 0.3 is 99.8 Å². The number of hydrogen-bond donors (Lipinski definition) is 0. The first-order valence-electron chi connectivity index (χ1n) is 18.6. The van der Waals surface area contributed by atoms with Crippen LogP contribution in [0.1, 0.15) is 26.3 Å². The second kappa shape index (κ2) is 15.8. The maximum absolute atomic E-state index is 14.8. The molecule has 0 saturated heterocycles. The molecular formula is C49H42FGeIrN3O-2. The number of rotatable bonds is 5. The van der Waals surface area contributed by atoms with Crippen molar-refractivity contribution in [1.29, 1.82) is 0 Å². The van der Waals surface area contributed by atoms with Crippen LogP contribution in [0.4, 0.5) is 4.39 Å². The van der Waals surface area contributed by atoms with E-state index in [-0.39, 0.29) is 31.3 Å². The monoisotopic (exact) mass is 974 g/mol. The van der Waals surface area contributed by atoms with Gasteiger partial charge in [-0.05, 0) is 40.8 Å². The minimum atomic E-state index is -1.72. The number of aromatic nitrogens is 3. The second-order valence-corrected chi connectivity index (χ2v) is 26.5. The van der Waals surface area contributed by atoms with Gasteiger partial charge in [-0.15, -0.1) is 18.2 Å². The third kappa shape index (κ3) is 7.66. The zero-order chi connectivity index (χ0) is 38.3. The molecule has 0 N–H and O–H groups in total. The number of para-hydroxylation sites is 2. The molecule has 0 aliphatic carbocycles. The van der Waals surface area contributed by atoms with Crippen LogP contribution in [0.25, 0.3) is 72.4 Å². The van der Waals surface area contributed by atoms with Gasteiger partial charge in [-0.25, -0.2) is 4.39 Å². The summed E-state index contributed by atoms with van der Waals surface area (Å²) in [6.45, 7) is 6.60. The molecule has 0 unspecified atom stereocenters. The molecule has 4 nitrogen and oxygen atoms in total. The molecule has 7 heteroatoms. The minimum absolute atomic E-state index is 0. The summed E-state index contributed by atoms with van der Waals surface area (Å²) in [6.07, 6.45) is 2.04. The van der Waals surface area contributed by atoms with Crippen LogP contribution in [0.15, 0.2) is 150 Å². The van der Waals surface area contributed by atoms with Crippen molar-refractivity contribution in [2.75, 3.05) is 0 Å². The number of fused-ring (bicyclic) bond motifs is 4. The van der Waals surface area contributed by atoms with Crippen molar-refractivity contribution in [2.45, 2.75) is 43.5 Å². The van der Waals surface area contributed by atoms with Gasteiger partial charge in [0, 0.05) is 31.1 Å². The Morgan fingerprint density at radius 1 is 0.732 bits per heavy atom. The van der Waals surface area contributed by atoms with Crippen molar-refractivity contribution in [3.63, 3.8) is 0 Å². The zero-order valence-electron chi connectivity index (χ0n) is 32.3. The molecule has 3 aromatic heterocycles. The summed E-state index contributed by atoms with van der Waals surface area (Å²) in [7, 11) is 0. The van der Waals surface area contributed by atoms with Crippen LogP contribution in [0, 0.1) is 17.9 Å². The third-order valence-corrected chi connectivity index (χ3v) is 14.2. The summed E-state index contributed by atoms with van der Waals surface area (Å²) in [5, 5.41) is 2.04. The minimum Gasteiger partial charge on any atom is 0 e. The van der Waals surface area contributed by atoms with E-state index in [2.05, 4.69) is 108 Å². The number of furan rings is 1. The van der Waals surface area contributed by atoms with Crippen LogP contribution in [-0.4, -0.2) is 27.8 Å². The van der Waals surface area contributed by atoms with Crippen molar-refractivity contribution in [3.05, 3.63) is 169 Å².